The molecule has 2 aromatic heterocycles. The Morgan fingerprint density at radius 1 is 0.955 bits per heavy atom. The summed E-state index contributed by atoms with van der Waals surface area (Å²) in [5, 5.41) is 25.3. The molecule has 0 radical (unpaired) electrons. The van der Waals surface area contributed by atoms with Gasteiger partial charge in [0.05, 0.1) is 44.1 Å². The van der Waals surface area contributed by atoms with Crippen LogP contribution in [0.2, 0.25) is 0 Å². The quantitative estimate of drug-likeness (QED) is 0.216. The molecule has 1 aliphatic heterocycles. The van der Waals surface area contributed by atoms with E-state index in [0.29, 0.717) is 12.4 Å². The SMILES string of the molecule is COc1ccc2c(c1)CC(c1nc(Nc3cn[nH]c3)c3cc(OC)ccc3n1)CO2.O=C(O)C(F)(F)F.O=C(O)C(F)(F)F. The number of anilines is 2. The molecular formula is C26H23F6N5O7. The average molecular weight is 631 g/mol. The normalized spacial score (nSPS) is 14.0. The second kappa shape index (κ2) is 13.8. The lowest BCUT2D eigenvalue weighted by Gasteiger charge is -2.25. The molecule has 2 aromatic carbocycles. The van der Waals surface area contributed by atoms with Gasteiger partial charge in [-0.2, -0.15) is 31.4 Å². The molecule has 18 heteroatoms. The van der Waals surface area contributed by atoms with Gasteiger partial charge in [-0.05, 0) is 48.4 Å². The summed E-state index contributed by atoms with van der Waals surface area (Å²) in [6.07, 6.45) is -5.90. The second-order valence-corrected chi connectivity index (χ2v) is 8.72. The number of aliphatic carboxylic acids is 2. The molecule has 0 bridgehead atoms. The number of aromatic amines is 1. The van der Waals surface area contributed by atoms with Crippen molar-refractivity contribution in [1.82, 2.24) is 20.2 Å². The molecule has 4 aromatic rings. The van der Waals surface area contributed by atoms with Crippen LogP contribution in [-0.4, -0.2) is 75.5 Å². The van der Waals surface area contributed by atoms with Crippen molar-refractivity contribution in [2.45, 2.75) is 24.7 Å². The van der Waals surface area contributed by atoms with Crippen LogP contribution in [0.25, 0.3) is 10.9 Å². The number of carboxylic acid groups (broad SMARTS) is 2. The van der Waals surface area contributed by atoms with Crippen molar-refractivity contribution in [1.29, 1.82) is 0 Å². The lowest BCUT2D eigenvalue weighted by atomic mass is 9.95. The van der Waals surface area contributed by atoms with Crippen molar-refractivity contribution in [2.75, 3.05) is 26.1 Å². The van der Waals surface area contributed by atoms with Crippen molar-refractivity contribution < 1.29 is 60.4 Å². The fraction of sp³-hybridized carbons (Fsp3) is 0.269. The zero-order valence-electron chi connectivity index (χ0n) is 22.7. The maximum atomic E-state index is 10.6. The van der Waals surface area contributed by atoms with E-state index in [4.69, 9.17) is 44.0 Å². The van der Waals surface area contributed by atoms with Crippen molar-refractivity contribution in [3.05, 3.63) is 60.2 Å². The van der Waals surface area contributed by atoms with E-state index >= 15 is 0 Å². The maximum absolute atomic E-state index is 10.6. The molecule has 0 saturated carbocycles. The highest BCUT2D eigenvalue weighted by Gasteiger charge is 2.38. The maximum Gasteiger partial charge on any atom is 0.490 e. The fourth-order valence-electron chi connectivity index (χ4n) is 3.65. The molecule has 3 heterocycles. The summed E-state index contributed by atoms with van der Waals surface area (Å²) in [7, 11) is 3.31. The van der Waals surface area contributed by atoms with Crippen molar-refractivity contribution in [3.63, 3.8) is 0 Å². The number of ether oxygens (including phenoxy) is 3. The third kappa shape index (κ3) is 8.85. The Morgan fingerprint density at radius 2 is 1.55 bits per heavy atom. The molecule has 4 N–H and O–H groups in total. The Hall–Kier alpha value is -5.29. The number of nitrogens with zero attached hydrogens (tertiary/aromatic N) is 3. The summed E-state index contributed by atoms with van der Waals surface area (Å²) in [6, 6.07) is 11.6. The molecular weight excluding hydrogens is 608 g/mol. The summed E-state index contributed by atoms with van der Waals surface area (Å²) in [6.45, 7) is 0.520. The lowest BCUT2D eigenvalue weighted by molar-refractivity contribution is -0.193. The van der Waals surface area contributed by atoms with Crippen molar-refractivity contribution >= 4 is 34.3 Å². The zero-order valence-corrected chi connectivity index (χ0v) is 22.7. The Labute approximate surface area is 243 Å². The molecule has 12 nitrogen and oxygen atoms in total. The van der Waals surface area contributed by atoms with E-state index in [1.807, 2.05) is 36.4 Å². The van der Waals surface area contributed by atoms with Crippen LogP contribution in [0.1, 0.15) is 17.3 Å². The van der Waals surface area contributed by atoms with Gasteiger partial charge in [-0.1, -0.05) is 0 Å². The topological polar surface area (TPSA) is 169 Å². The number of carbonyl (C=O) groups is 2. The summed E-state index contributed by atoms with van der Waals surface area (Å²) in [5.41, 5.74) is 2.75. The molecule has 44 heavy (non-hydrogen) atoms. The summed E-state index contributed by atoms with van der Waals surface area (Å²) < 4.78 is 80.2. The number of rotatable bonds is 5. The minimum atomic E-state index is -5.08. The average Bonchev–Trinajstić information content (AvgIpc) is 3.49. The third-order valence-electron chi connectivity index (χ3n) is 5.71. The van der Waals surface area contributed by atoms with E-state index < -0.39 is 24.3 Å². The molecule has 0 fully saturated rings. The minimum absolute atomic E-state index is 0.0287. The zero-order chi connectivity index (χ0) is 32.7. The predicted octanol–water partition coefficient (Wildman–Crippen LogP) is 5.10. The Balaban J connectivity index is 0.000000317. The van der Waals surface area contributed by atoms with E-state index in [0.717, 1.165) is 51.6 Å². The van der Waals surface area contributed by atoms with Crippen LogP contribution in [0.5, 0.6) is 17.2 Å². The predicted molar refractivity (Wildman–Crippen MR) is 140 cm³/mol. The van der Waals surface area contributed by atoms with E-state index in [2.05, 4.69) is 15.5 Å². The fourth-order valence-corrected chi connectivity index (χ4v) is 3.65. The van der Waals surface area contributed by atoms with Gasteiger partial charge >= 0.3 is 24.3 Å². The van der Waals surface area contributed by atoms with E-state index in [-0.39, 0.29) is 5.92 Å². The molecule has 1 aliphatic rings. The molecule has 1 atom stereocenters. The second-order valence-electron chi connectivity index (χ2n) is 8.72. The number of halogens is 6. The smallest absolute Gasteiger partial charge is 0.490 e. The standard InChI is InChI=1S/C22H21N5O3.2C2HF3O2/c1-28-16-4-6-20-13(8-16)7-14(12-30-20)21-26-19-5-3-17(29-2)9-18(19)22(27-21)25-15-10-23-24-11-15;2*3-2(4,5)1(6)7/h3-6,8-11,14H,7,12H2,1-2H3,(H,23,24)(H,25,26,27);2*(H,6,7). The van der Waals surface area contributed by atoms with Crippen LogP contribution in [0.3, 0.4) is 0 Å². The molecule has 0 saturated heterocycles. The van der Waals surface area contributed by atoms with Crippen LogP contribution < -0.4 is 19.5 Å². The first-order chi connectivity index (χ1) is 20.6. The van der Waals surface area contributed by atoms with Gasteiger partial charge in [0.2, 0.25) is 0 Å². The van der Waals surface area contributed by atoms with Crippen LogP contribution in [-0.2, 0) is 16.0 Å². The highest BCUT2D eigenvalue weighted by atomic mass is 19.4. The van der Waals surface area contributed by atoms with Gasteiger partial charge in [0, 0.05) is 11.6 Å². The molecule has 236 valence electrons. The first-order valence-corrected chi connectivity index (χ1v) is 12.1. The number of hydrogen-bond acceptors (Lipinski definition) is 9. The Bertz CT molecular complexity index is 1570. The highest BCUT2D eigenvalue weighted by Crippen LogP contribution is 2.35. The molecule has 5 rings (SSSR count). The Morgan fingerprint density at radius 3 is 2.09 bits per heavy atom. The largest absolute Gasteiger partial charge is 0.497 e. The minimum Gasteiger partial charge on any atom is -0.497 e. The third-order valence-corrected chi connectivity index (χ3v) is 5.71. The van der Waals surface area contributed by atoms with Gasteiger partial charge < -0.3 is 29.7 Å². The van der Waals surface area contributed by atoms with Gasteiger partial charge in [0.25, 0.3) is 0 Å². The van der Waals surface area contributed by atoms with E-state index in [1.165, 1.54) is 0 Å². The van der Waals surface area contributed by atoms with Gasteiger partial charge in [-0.15, -0.1) is 0 Å². The first-order valence-electron chi connectivity index (χ1n) is 12.1. The van der Waals surface area contributed by atoms with Crippen LogP contribution >= 0.6 is 0 Å². The van der Waals surface area contributed by atoms with Gasteiger partial charge in [-0.25, -0.2) is 19.6 Å². The number of aromatic nitrogens is 4. The van der Waals surface area contributed by atoms with Gasteiger partial charge in [0.1, 0.15) is 28.9 Å². The van der Waals surface area contributed by atoms with Crippen molar-refractivity contribution in [2.24, 2.45) is 0 Å². The molecule has 1 unspecified atom stereocenters. The molecule has 0 spiro atoms. The summed E-state index contributed by atoms with van der Waals surface area (Å²) in [5.74, 6) is -1.61. The number of benzene rings is 2. The van der Waals surface area contributed by atoms with Gasteiger partial charge in [0.15, 0.2) is 0 Å². The number of carboxylic acids is 2. The highest BCUT2D eigenvalue weighted by molar-refractivity contribution is 5.91. The number of hydrogen-bond donors (Lipinski definition) is 4. The lowest BCUT2D eigenvalue weighted by Crippen LogP contribution is -2.21. The first kappa shape index (κ1) is 33.2. The number of fused-ring (bicyclic) bond motifs is 2. The number of H-pyrrole nitrogens is 1. The number of methoxy groups -OCH3 is 2. The summed E-state index contributed by atoms with van der Waals surface area (Å²) in [4.78, 5) is 27.5. The van der Waals surface area contributed by atoms with Gasteiger partial charge in [-0.3, -0.25) is 5.10 Å². The number of nitrogens with one attached hydrogen (secondary N) is 2. The van der Waals surface area contributed by atoms with Crippen molar-refractivity contribution in [3.8, 4) is 17.2 Å². The Kier molecular flexibility index (Phi) is 10.4. The van der Waals surface area contributed by atoms with E-state index in [1.54, 1.807) is 26.6 Å². The monoisotopic (exact) mass is 631 g/mol. The van der Waals surface area contributed by atoms with Crippen LogP contribution in [0, 0.1) is 0 Å². The van der Waals surface area contributed by atoms with E-state index in [9.17, 15) is 26.3 Å². The molecule has 0 aliphatic carbocycles. The van der Waals surface area contributed by atoms with Crippen LogP contribution in [0.15, 0.2) is 48.8 Å². The molecule has 0 amide bonds. The van der Waals surface area contributed by atoms with Crippen LogP contribution in [0.4, 0.5) is 37.8 Å². The number of alkyl halides is 6. The summed E-state index contributed by atoms with van der Waals surface area (Å²) >= 11 is 0.